The molecule has 0 aliphatic heterocycles. The van der Waals surface area contributed by atoms with E-state index in [1.165, 1.54) is 0 Å². The predicted molar refractivity (Wildman–Crippen MR) is 106 cm³/mol. The first kappa shape index (κ1) is 19.6. The molecule has 2 atom stereocenters. The molecule has 2 aromatic carbocycles. The molecule has 0 aromatic heterocycles. The molecule has 2 rings (SSSR count). The number of hydrogen-bond acceptors (Lipinski definition) is 2. The van der Waals surface area contributed by atoms with E-state index in [0.29, 0.717) is 6.42 Å². The zero-order valence-electron chi connectivity index (χ0n) is 15.6. The molecular formula is C22H28O2S. The molecule has 25 heavy (non-hydrogen) atoms. The van der Waals surface area contributed by atoms with E-state index in [1.54, 1.807) is 5.41 Å². The number of rotatable bonds is 7. The van der Waals surface area contributed by atoms with Crippen LogP contribution < -0.4 is 0 Å². The lowest BCUT2D eigenvalue weighted by atomic mass is 9.83. The van der Waals surface area contributed by atoms with Crippen LogP contribution in [0.2, 0.25) is 0 Å². The summed E-state index contributed by atoms with van der Waals surface area (Å²) < 4.78 is 12.7. The maximum absolute atomic E-state index is 12.7. The van der Waals surface area contributed by atoms with Gasteiger partial charge in [-0.25, -0.2) is 4.21 Å². The molecule has 0 heterocycles. The Kier molecular flexibility index (Phi) is 6.74. The third kappa shape index (κ3) is 4.90. The molecule has 0 aliphatic carbocycles. The first-order valence-corrected chi connectivity index (χ1v) is 10.0. The van der Waals surface area contributed by atoms with E-state index in [2.05, 4.69) is 6.92 Å². The third-order valence-electron chi connectivity index (χ3n) is 4.58. The summed E-state index contributed by atoms with van der Waals surface area (Å²) in [4.78, 5) is 0.757. The smallest absolute Gasteiger partial charge is 0.111 e. The Bertz CT molecular complexity index is 762. The second kappa shape index (κ2) is 8.59. The molecule has 0 spiro atoms. The van der Waals surface area contributed by atoms with Crippen LogP contribution in [0.5, 0.6) is 0 Å². The van der Waals surface area contributed by atoms with Crippen LogP contribution in [0.15, 0.2) is 64.4 Å². The van der Waals surface area contributed by atoms with Crippen molar-refractivity contribution in [3.8, 4) is 0 Å². The summed E-state index contributed by atoms with van der Waals surface area (Å²) in [5, 5.41) is 13.1. The van der Waals surface area contributed by atoms with E-state index >= 15 is 0 Å². The van der Waals surface area contributed by atoms with Crippen molar-refractivity contribution >= 4 is 10.8 Å². The summed E-state index contributed by atoms with van der Waals surface area (Å²) in [7, 11) is -1.27. The zero-order valence-corrected chi connectivity index (χ0v) is 16.4. The van der Waals surface area contributed by atoms with Crippen molar-refractivity contribution in [2.24, 2.45) is 0 Å². The Balaban J connectivity index is 2.38. The SMILES string of the molecule is CCCC[C@](O)(/C(C)=C\S(=O)c1ccc(C)cc1)c1cccc(C)c1. The molecule has 2 nitrogen and oxygen atoms in total. The van der Waals surface area contributed by atoms with Crippen molar-refractivity contribution in [1.82, 2.24) is 0 Å². The lowest BCUT2D eigenvalue weighted by Crippen LogP contribution is -2.27. The van der Waals surface area contributed by atoms with Crippen LogP contribution in [0.3, 0.4) is 0 Å². The fraction of sp³-hybridized carbons (Fsp3) is 0.364. The molecule has 0 saturated heterocycles. The maximum atomic E-state index is 12.7. The standard InChI is InChI=1S/C22H28O2S/c1-5-6-14-22(23,20-9-7-8-18(3)15-20)19(4)16-25(24)21-12-10-17(2)11-13-21/h7-13,15-16,23H,5-6,14H2,1-4H3/b19-16-/t22-,25?/m0/s1. The van der Waals surface area contributed by atoms with Gasteiger partial charge in [-0.15, -0.1) is 0 Å². The molecule has 134 valence electrons. The minimum Gasteiger partial charge on any atom is -0.381 e. The molecule has 0 aliphatic rings. The molecule has 0 radical (unpaired) electrons. The Morgan fingerprint density at radius 1 is 1.12 bits per heavy atom. The van der Waals surface area contributed by atoms with Gasteiger partial charge in [-0.05, 0) is 50.5 Å². The van der Waals surface area contributed by atoms with E-state index in [4.69, 9.17) is 0 Å². The Morgan fingerprint density at radius 3 is 2.40 bits per heavy atom. The normalized spacial score (nSPS) is 15.6. The van der Waals surface area contributed by atoms with Gasteiger partial charge in [0, 0.05) is 10.3 Å². The van der Waals surface area contributed by atoms with Crippen LogP contribution in [-0.4, -0.2) is 9.32 Å². The molecule has 2 aromatic rings. The highest BCUT2D eigenvalue weighted by atomic mass is 32.2. The number of aliphatic hydroxyl groups is 1. The minimum absolute atomic E-state index is 0.625. The molecule has 1 unspecified atom stereocenters. The maximum Gasteiger partial charge on any atom is 0.111 e. The largest absolute Gasteiger partial charge is 0.381 e. The molecule has 0 bridgehead atoms. The van der Waals surface area contributed by atoms with E-state index in [9.17, 15) is 9.32 Å². The van der Waals surface area contributed by atoms with Crippen LogP contribution in [0, 0.1) is 13.8 Å². The summed E-state index contributed by atoms with van der Waals surface area (Å²) in [5.41, 5.74) is 2.78. The van der Waals surface area contributed by atoms with Crippen LogP contribution in [0.25, 0.3) is 0 Å². The van der Waals surface area contributed by atoms with Gasteiger partial charge in [0.1, 0.15) is 5.60 Å². The van der Waals surface area contributed by atoms with E-state index in [0.717, 1.165) is 40.0 Å². The molecular weight excluding hydrogens is 328 g/mol. The van der Waals surface area contributed by atoms with E-state index in [1.807, 2.05) is 69.3 Å². The summed E-state index contributed by atoms with van der Waals surface area (Å²) in [6, 6.07) is 15.6. The number of benzene rings is 2. The van der Waals surface area contributed by atoms with Gasteiger partial charge in [0.05, 0.1) is 10.8 Å². The molecule has 0 amide bonds. The lowest BCUT2D eigenvalue weighted by Gasteiger charge is -2.30. The van der Waals surface area contributed by atoms with Gasteiger partial charge < -0.3 is 5.11 Å². The monoisotopic (exact) mass is 356 g/mol. The number of aryl methyl sites for hydroxylation is 2. The van der Waals surface area contributed by atoms with Crippen LogP contribution in [0.1, 0.15) is 49.8 Å². The molecule has 3 heteroatoms. The highest BCUT2D eigenvalue weighted by Crippen LogP contribution is 2.35. The van der Waals surface area contributed by atoms with E-state index in [-0.39, 0.29) is 0 Å². The van der Waals surface area contributed by atoms with Crippen molar-refractivity contribution in [3.05, 3.63) is 76.2 Å². The van der Waals surface area contributed by atoms with Gasteiger partial charge >= 0.3 is 0 Å². The first-order chi connectivity index (χ1) is 11.9. The van der Waals surface area contributed by atoms with Crippen molar-refractivity contribution in [2.75, 3.05) is 0 Å². The summed E-state index contributed by atoms with van der Waals surface area (Å²) >= 11 is 0. The summed E-state index contributed by atoms with van der Waals surface area (Å²) in [6.07, 6.45) is 2.54. The van der Waals surface area contributed by atoms with Gasteiger partial charge in [0.15, 0.2) is 0 Å². The predicted octanol–water partition coefficient (Wildman–Crippen LogP) is 5.39. The number of unbranched alkanes of at least 4 members (excludes halogenated alkanes) is 1. The van der Waals surface area contributed by atoms with Crippen LogP contribution in [-0.2, 0) is 16.4 Å². The fourth-order valence-electron chi connectivity index (χ4n) is 2.90. The zero-order chi connectivity index (χ0) is 18.4. The topological polar surface area (TPSA) is 37.3 Å². The lowest BCUT2D eigenvalue weighted by molar-refractivity contribution is 0.0642. The molecule has 1 N–H and O–H groups in total. The van der Waals surface area contributed by atoms with Gasteiger partial charge in [-0.1, -0.05) is 67.3 Å². The van der Waals surface area contributed by atoms with Gasteiger partial charge in [-0.2, -0.15) is 0 Å². The second-order valence-electron chi connectivity index (χ2n) is 6.74. The fourth-order valence-corrected chi connectivity index (χ4v) is 3.96. The summed E-state index contributed by atoms with van der Waals surface area (Å²) in [6.45, 7) is 8.02. The van der Waals surface area contributed by atoms with Crippen molar-refractivity contribution < 1.29 is 9.32 Å². The Morgan fingerprint density at radius 2 is 1.80 bits per heavy atom. The average Bonchev–Trinajstić information content (AvgIpc) is 2.60. The Labute approximate surface area is 154 Å². The van der Waals surface area contributed by atoms with Gasteiger partial charge in [0.2, 0.25) is 0 Å². The van der Waals surface area contributed by atoms with Crippen molar-refractivity contribution in [1.29, 1.82) is 0 Å². The second-order valence-corrected chi connectivity index (χ2v) is 8.05. The third-order valence-corrected chi connectivity index (χ3v) is 5.88. The average molecular weight is 357 g/mol. The van der Waals surface area contributed by atoms with E-state index < -0.39 is 16.4 Å². The minimum atomic E-state index is -1.27. The van der Waals surface area contributed by atoms with Gasteiger partial charge in [0.25, 0.3) is 0 Å². The van der Waals surface area contributed by atoms with Crippen LogP contribution >= 0.6 is 0 Å². The quantitative estimate of drug-likeness (QED) is 0.722. The highest BCUT2D eigenvalue weighted by Gasteiger charge is 2.31. The van der Waals surface area contributed by atoms with Crippen molar-refractivity contribution in [3.63, 3.8) is 0 Å². The first-order valence-electron chi connectivity index (χ1n) is 8.82. The summed E-state index contributed by atoms with van der Waals surface area (Å²) in [5.74, 6) is 0. The highest BCUT2D eigenvalue weighted by molar-refractivity contribution is 7.88. The number of hydrogen-bond donors (Lipinski definition) is 1. The Hall–Kier alpha value is -1.71. The van der Waals surface area contributed by atoms with Crippen molar-refractivity contribution in [2.45, 2.75) is 57.5 Å². The molecule has 0 saturated carbocycles. The van der Waals surface area contributed by atoms with Crippen LogP contribution in [0.4, 0.5) is 0 Å². The van der Waals surface area contributed by atoms with Gasteiger partial charge in [-0.3, -0.25) is 0 Å². The molecule has 0 fully saturated rings.